The van der Waals surface area contributed by atoms with E-state index in [2.05, 4.69) is 15.5 Å². The number of aryl methyl sites for hydroxylation is 1. The monoisotopic (exact) mass is 442 g/mol. The number of carbonyl (C=O) groups excluding carboxylic acids is 1. The summed E-state index contributed by atoms with van der Waals surface area (Å²) in [5.74, 6) is -0.390. The lowest BCUT2D eigenvalue weighted by molar-refractivity contribution is 0.102. The van der Waals surface area contributed by atoms with Crippen molar-refractivity contribution < 1.29 is 13.2 Å². The van der Waals surface area contributed by atoms with Gasteiger partial charge in [0.05, 0.1) is 4.90 Å². The van der Waals surface area contributed by atoms with Gasteiger partial charge in [-0.25, -0.2) is 8.42 Å². The van der Waals surface area contributed by atoms with Gasteiger partial charge in [0, 0.05) is 24.7 Å². The number of para-hydroxylation sites is 1. The van der Waals surface area contributed by atoms with Gasteiger partial charge < -0.3 is 5.32 Å². The Labute approximate surface area is 179 Å². The molecule has 1 N–H and O–H groups in total. The average molecular weight is 443 g/mol. The first-order chi connectivity index (χ1) is 14.4. The molecule has 3 aromatic rings. The van der Waals surface area contributed by atoms with E-state index >= 15 is 0 Å². The first-order valence-electron chi connectivity index (χ1n) is 9.70. The smallest absolute Gasteiger partial charge is 0.286 e. The molecular weight excluding hydrogens is 420 g/mol. The summed E-state index contributed by atoms with van der Waals surface area (Å²) in [7, 11) is -3.57. The fourth-order valence-corrected chi connectivity index (χ4v) is 5.98. The number of nitrogens with one attached hydrogen (secondary N) is 1. The van der Waals surface area contributed by atoms with Crippen molar-refractivity contribution in [3.05, 3.63) is 70.2 Å². The number of amides is 1. The molecule has 1 aliphatic rings. The van der Waals surface area contributed by atoms with Crippen molar-refractivity contribution >= 4 is 33.0 Å². The maximum absolute atomic E-state index is 13.1. The van der Waals surface area contributed by atoms with Crippen LogP contribution in [0.4, 0.5) is 5.69 Å². The molecule has 0 radical (unpaired) electrons. The molecule has 7 nitrogen and oxygen atoms in total. The van der Waals surface area contributed by atoms with Crippen molar-refractivity contribution in [2.75, 3.05) is 18.4 Å². The largest absolute Gasteiger partial charge is 0.320 e. The molecule has 30 heavy (non-hydrogen) atoms. The maximum Gasteiger partial charge on any atom is 0.286 e. The van der Waals surface area contributed by atoms with Gasteiger partial charge in [0.2, 0.25) is 15.0 Å². The van der Waals surface area contributed by atoms with E-state index in [4.69, 9.17) is 0 Å². The van der Waals surface area contributed by atoms with Gasteiger partial charge in [0.1, 0.15) is 5.01 Å². The Bertz CT molecular complexity index is 1150. The molecule has 0 unspecified atom stereocenters. The zero-order valence-electron chi connectivity index (χ0n) is 16.5. The Hall–Kier alpha value is -2.62. The predicted molar refractivity (Wildman–Crippen MR) is 116 cm³/mol. The third-order valence-electron chi connectivity index (χ3n) is 5.03. The van der Waals surface area contributed by atoms with Crippen molar-refractivity contribution in [2.45, 2.75) is 30.6 Å². The fourth-order valence-electron chi connectivity index (χ4n) is 3.48. The minimum absolute atomic E-state index is 0.0749. The van der Waals surface area contributed by atoms with Crippen LogP contribution in [-0.4, -0.2) is 41.9 Å². The molecule has 1 atom stereocenters. The van der Waals surface area contributed by atoms with Gasteiger partial charge in [0.25, 0.3) is 5.91 Å². The molecule has 0 aliphatic carbocycles. The lowest BCUT2D eigenvalue weighted by Gasteiger charge is -2.30. The highest BCUT2D eigenvalue weighted by atomic mass is 32.2. The summed E-state index contributed by atoms with van der Waals surface area (Å²) in [6.07, 6.45) is 1.55. The first kappa shape index (κ1) is 20.6. The summed E-state index contributed by atoms with van der Waals surface area (Å²) in [5.41, 5.74) is 1.59. The predicted octanol–water partition coefficient (Wildman–Crippen LogP) is 3.67. The number of anilines is 1. The van der Waals surface area contributed by atoms with E-state index in [1.54, 1.807) is 30.3 Å². The number of benzene rings is 2. The molecule has 0 spiro atoms. The Balaban J connectivity index is 1.48. The van der Waals surface area contributed by atoms with Gasteiger partial charge >= 0.3 is 0 Å². The summed E-state index contributed by atoms with van der Waals surface area (Å²) >= 11 is 1.22. The minimum Gasteiger partial charge on any atom is -0.320 e. The van der Waals surface area contributed by atoms with Gasteiger partial charge in [-0.15, -0.1) is 10.2 Å². The Kier molecular flexibility index (Phi) is 5.94. The topological polar surface area (TPSA) is 92.3 Å². The number of piperidine rings is 1. The zero-order valence-corrected chi connectivity index (χ0v) is 18.1. The second kappa shape index (κ2) is 8.63. The number of hydrogen-bond acceptors (Lipinski definition) is 6. The lowest BCUT2D eigenvalue weighted by atomic mass is 10.0. The van der Waals surface area contributed by atoms with Crippen LogP contribution in [0.3, 0.4) is 0 Å². The maximum atomic E-state index is 13.1. The van der Waals surface area contributed by atoms with Gasteiger partial charge in [-0.05, 0) is 49.6 Å². The molecule has 1 aromatic heterocycles. The van der Waals surface area contributed by atoms with Crippen LogP contribution in [0.5, 0.6) is 0 Å². The number of nitrogens with zero attached hydrogens (tertiary/aromatic N) is 3. The summed E-state index contributed by atoms with van der Waals surface area (Å²) in [5, 5.41) is 12.0. The van der Waals surface area contributed by atoms with Crippen LogP contribution in [-0.2, 0) is 10.0 Å². The van der Waals surface area contributed by atoms with Crippen LogP contribution in [0.2, 0.25) is 0 Å². The van der Waals surface area contributed by atoms with E-state index in [0.717, 1.165) is 18.4 Å². The molecule has 1 saturated heterocycles. The highest BCUT2D eigenvalue weighted by Gasteiger charge is 2.32. The number of hydrogen-bond donors (Lipinski definition) is 1. The highest BCUT2D eigenvalue weighted by molar-refractivity contribution is 7.89. The van der Waals surface area contributed by atoms with Gasteiger partial charge in [-0.2, -0.15) is 4.31 Å². The van der Waals surface area contributed by atoms with E-state index < -0.39 is 10.0 Å². The van der Waals surface area contributed by atoms with E-state index in [0.29, 0.717) is 28.7 Å². The van der Waals surface area contributed by atoms with Crippen LogP contribution in [0.25, 0.3) is 0 Å². The van der Waals surface area contributed by atoms with Crippen LogP contribution < -0.4 is 5.32 Å². The van der Waals surface area contributed by atoms with Gasteiger partial charge in [0.15, 0.2) is 0 Å². The van der Waals surface area contributed by atoms with E-state index in [1.165, 1.54) is 15.6 Å². The second-order valence-corrected chi connectivity index (χ2v) is 10.2. The SMILES string of the molecule is Cc1cccc(S(=O)(=O)N2CCC[C@H](c3nnc(C(=O)Nc4ccccc4)s3)C2)c1. The standard InChI is InChI=1S/C21H22N4O3S2/c1-15-7-5-11-18(13-15)30(27,28)25-12-6-8-16(14-25)20-23-24-21(29-20)19(26)22-17-9-3-2-4-10-17/h2-5,7,9-11,13,16H,6,8,12,14H2,1H3,(H,22,26)/t16-/m0/s1. The molecule has 2 aromatic carbocycles. The van der Waals surface area contributed by atoms with Crippen molar-refractivity contribution in [1.82, 2.24) is 14.5 Å². The van der Waals surface area contributed by atoms with Crippen LogP contribution >= 0.6 is 11.3 Å². The summed E-state index contributed by atoms with van der Waals surface area (Å²) < 4.78 is 27.6. The number of aromatic nitrogens is 2. The van der Waals surface area contributed by atoms with E-state index in [1.807, 2.05) is 31.2 Å². The molecule has 0 saturated carbocycles. The summed E-state index contributed by atoms with van der Waals surface area (Å²) in [6, 6.07) is 16.1. The number of sulfonamides is 1. The highest BCUT2D eigenvalue weighted by Crippen LogP contribution is 2.32. The van der Waals surface area contributed by atoms with Crippen molar-refractivity contribution in [3.63, 3.8) is 0 Å². The molecular formula is C21H22N4O3S2. The van der Waals surface area contributed by atoms with E-state index in [9.17, 15) is 13.2 Å². The first-order valence-corrected chi connectivity index (χ1v) is 12.0. The molecule has 1 aliphatic heterocycles. The number of rotatable bonds is 5. The van der Waals surface area contributed by atoms with Crippen molar-refractivity contribution in [3.8, 4) is 0 Å². The van der Waals surface area contributed by atoms with Crippen molar-refractivity contribution in [1.29, 1.82) is 0 Å². The average Bonchev–Trinajstić information content (AvgIpc) is 3.25. The fraction of sp³-hybridized carbons (Fsp3) is 0.286. The third-order valence-corrected chi connectivity index (χ3v) is 7.97. The molecule has 1 amide bonds. The molecule has 2 heterocycles. The second-order valence-electron chi connectivity index (χ2n) is 7.28. The molecule has 0 bridgehead atoms. The quantitative estimate of drug-likeness (QED) is 0.651. The zero-order chi connectivity index (χ0) is 21.1. The summed E-state index contributed by atoms with van der Waals surface area (Å²) in [6.45, 7) is 2.69. The van der Waals surface area contributed by atoms with Gasteiger partial charge in [-0.1, -0.05) is 41.7 Å². The minimum atomic E-state index is -3.57. The summed E-state index contributed by atoms with van der Waals surface area (Å²) in [4.78, 5) is 12.7. The lowest BCUT2D eigenvalue weighted by Crippen LogP contribution is -2.39. The van der Waals surface area contributed by atoms with Crippen LogP contribution in [0, 0.1) is 6.92 Å². The Morgan fingerprint density at radius 2 is 1.93 bits per heavy atom. The number of carbonyl (C=O) groups is 1. The molecule has 1 fully saturated rings. The normalized spacial score (nSPS) is 17.6. The Morgan fingerprint density at radius 3 is 2.70 bits per heavy atom. The van der Waals surface area contributed by atoms with Gasteiger partial charge in [-0.3, -0.25) is 4.79 Å². The van der Waals surface area contributed by atoms with Crippen LogP contribution in [0.15, 0.2) is 59.5 Å². The van der Waals surface area contributed by atoms with Crippen LogP contribution in [0.1, 0.15) is 39.1 Å². The Morgan fingerprint density at radius 1 is 1.13 bits per heavy atom. The van der Waals surface area contributed by atoms with E-state index in [-0.39, 0.29) is 16.8 Å². The molecule has 156 valence electrons. The molecule has 4 rings (SSSR count). The third kappa shape index (κ3) is 4.43. The molecule has 9 heteroatoms. The van der Waals surface area contributed by atoms with Crippen molar-refractivity contribution in [2.24, 2.45) is 0 Å².